The normalized spacial score (nSPS) is 11.1. The third-order valence-corrected chi connectivity index (χ3v) is 3.80. The number of hydrogen-bond donors (Lipinski definition) is 0. The first-order valence-electron chi connectivity index (χ1n) is 7.12. The maximum atomic E-state index is 12.3. The summed E-state index contributed by atoms with van der Waals surface area (Å²) >= 11 is 0. The van der Waals surface area contributed by atoms with E-state index in [1.807, 2.05) is 38.7 Å². The van der Waals surface area contributed by atoms with Gasteiger partial charge < -0.3 is 4.90 Å². The predicted octanol–water partition coefficient (Wildman–Crippen LogP) is 2.25. The van der Waals surface area contributed by atoms with Crippen LogP contribution in [0.25, 0.3) is 5.65 Å². The molecule has 5 nitrogen and oxygen atoms in total. The molecular formula is C15H22N4O. The molecule has 0 aliphatic rings. The lowest BCUT2D eigenvalue weighted by molar-refractivity contribution is 0.748. The average molecular weight is 274 g/mol. The van der Waals surface area contributed by atoms with Crippen LogP contribution in [-0.2, 0) is 0 Å². The van der Waals surface area contributed by atoms with Gasteiger partial charge in [0.1, 0.15) is 5.65 Å². The Kier molecular flexibility index (Phi) is 4.06. The maximum absolute atomic E-state index is 12.3. The molecule has 0 spiro atoms. The van der Waals surface area contributed by atoms with Crippen LogP contribution in [0.3, 0.4) is 0 Å². The molecule has 20 heavy (non-hydrogen) atoms. The van der Waals surface area contributed by atoms with Gasteiger partial charge in [-0.05, 0) is 51.3 Å². The SMILES string of the molecule is CCCN(CC)c1nc(=O)n2c(C)c(C)c(C)cc2n1. The lowest BCUT2D eigenvalue weighted by Crippen LogP contribution is -2.31. The van der Waals surface area contributed by atoms with Crippen LogP contribution in [-0.4, -0.2) is 27.5 Å². The summed E-state index contributed by atoms with van der Waals surface area (Å²) in [5.41, 5.74) is 3.59. The Morgan fingerprint density at radius 2 is 1.90 bits per heavy atom. The summed E-state index contributed by atoms with van der Waals surface area (Å²) in [6.07, 6.45) is 1.00. The van der Waals surface area contributed by atoms with Gasteiger partial charge in [-0.2, -0.15) is 9.97 Å². The molecule has 0 amide bonds. The number of aryl methyl sites for hydroxylation is 2. The van der Waals surface area contributed by atoms with Gasteiger partial charge in [0, 0.05) is 18.8 Å². The number of aromatic nitrogens is 3. The van der Waals surface area contributed by atoms with Gasteiger partial charge in [0.25, 0.3) is 0 Å². The number of fused-ring (bicyclic) bond motifs is 1. The summed E-state index contributed by atoms with van der Waals surface area (Å²) in [6, 6.07) is 1.95. The van der Waals surface area contributed by atoms with Crippen LogP contribution in [0, 0.1) is 20.8 Å². The molecule has 0 aromatic carbocycles. The second-order valence-corrected chi connectivity index (χ2v) is 5.12. The minimum absolute atomic E-state index is 0.250. The zero-order valence-electron chi connectivity index (χ0n) is 12.9. The molecule has 108 valence electrons. The summed E-state index contributed by atoms with van der Waals surface area (Å²) < 4.78 is 1.59. The highest BCUT2D eigenvalue weighted by atomic mass is 16.1. The number of nitrogens with zero attached hydrogens (tertiary/aromatic N) is 4. The zero-order valence-corrected chi connectivity index (χ0v) is 12.9. The van der Waals surface area contributed by atoms with Crippen LogP contribution < -0.4 is 10.6 Å². The Labute approximate surface area is 119 Å². The first-order chi connectivity index (χ1) is 9.49. The molecule has 0 unspecified atom stereocenters. The lowest BCUT2D eigenvalue weighted by Gasteiger charge is -2.20. The van der Waals surface area contributed by atoms with Gasteiger partial charge in [-0.1, -0.05) is 6.92 Å². The quantitative estimate of drug-likeness (QED) is 0.858. The van der Waals surface area contributed by atoms with Crippen molar-refractivity contribution in [3.05, 3.63) is 33.4 Å². The highest BCUT2D eigenvalue weighted by molar-refractivity contribution is 5.49. The van der Waals surface area contributed by atoms with Crippen LogP contribution in [0.15, 0.2) is 10.9 Å². The summed E-state index contributed by atoms with van der Waals surface area (Å²) in [5, 5.41) is 0. The van der Waals surface area contributed by atoms with E-state index in [1.54, 1.807) is 4.40 Å². The number of pyridine rings is 1. The molecule has 0 saturated carbocycles. The number of rotatable bonds is 4. The van der Waals surface area contributed by atoms with E-state index < -0.39 is 0 Å². The summed E-state index contributed by atoms with van der Waals surface area (Å²) in [4.78, 5) is 23.0. The highest BCUT2D eigenvalue weighted by Crippen LogP contribution is 2.15. The van der Waals surface area contributed by atoms with Gasteiger partial charge in [-0.15, -0.1) is 0 Å². The van der Waals surface area contributed by atoms with Gasteiger partial charge in [0.05, 0.1) is 0 Å². The van der Waals surface area contributed by atoms with E-state index in [4.69, 9.17) is 0 Å². The van der Waals surface area contributed by atoms with E-state index in [1.165, 1.54) is 0 Å². The zero-order chi connectivity index (χ0) is 14.9. The minimum atomic E-state index is -0.250. The third kappa shape index (κ3) is 2.40. The molecule has 0 N–H and O–H groups in total. The molecule has 2 aromatic heterocycles. The maximum Gasteiger partial charge on any atom is 0.356 e. The molecule has 0 aliphatic heterocycles. The fourth-order valence-corrected chi connectivity index (χ4v) is 2.39. The Balaban J connectivity index is 2.69. The Morgan fingerprint density at radius 3 is 2.50 bits per heavy atom. The molecular weight excluding hydrogens is 252 g/mol. The van der Waals surface area contributed by atoms with E-state index in [0.717, 1.165) is 36.3 Å². The van der Waals surface area contributed by atoms with Crippen molar-refractivity contribution in [1.82, 2.24) is 14.4 Å². The Bertz CT molecular complexity index is 690. The van der Waals surface area contributed by atoms with E-state index in [0.29, 0.717) is 11.6 Å². The molecule has 0 atom stereocenters. The van der Waals surface area contributed by atoms with Crippen molar-refractivity contribution in [3.8, 4) is 0 Å². The monoisotopic (exact) mass is 274 g/mol. The fraction of sp³-hybridized carbons (Fsp3) is 0.533. The molecule has 0 saturated heterocycles. The van der Waals surface area contributed by atoms with Crippen LogP contribution in [0.1, 0.15) is 37.1 Å². The molecule has 2 rings (SSSR count). The second kappa shape index (κ2) is 5.61. The van der Waals surface area contributed by atoms with Crippen molar-refractivity contribution in [2.75, 3.05) is 18.0 Å². The van der Waals surface area contributed by atoms with Crippen LogP contribution in [0.5, 0.6) is 0 Å². The standard InChI is InChI=1S/C15H22N4O/c1-6-8-18(7-2)14-16-13-9-10(3)11(4)12(5)19(13)15(20)17-14/h9H,6-8H2,1-5H3. The largest absolute Gasteiger partial charge is 0.356 e. The molecule has 2 heterocycles. The molecule has 0 aliphatic carbocycles. The van der Waals surface area contributed by atoms with Crippen LogP contribution >= 0.6 is 0 Å². The van der Waals surface area contributed by atoms with E-state index in [-0.39, 0.29) is 5.69 Å². The van der Waals surface area contributed by atoms with Gasteiger partial charge in [-0.3, -0.25) is 0 Å². The van der Waals surface area contributed by atoms with Gasteiger partial charge in [0.15, 0.2) is 0 Å². The number of hydrogen-bond acceptors (Lipinski definition) is 4. The van der Waals surface area contributed by atoms with E-state index in [9.17, 15) is 4.79 Å². The van der Waals surface area contributed by atoms with Gasteiger partial charge in [0.2, 0.25) is 5.95 Å². The molecule has 5 heteroatoms. The summed E-state index contributed by atoms with van der Waals surface area (Å²) in [6.45, 7) is 11.8. The summed E-state index contributed by atoms with van der Waals surface area (Å²) in [5.74, 6) is 0.530. The number of anilines is 1. The smallest absolute Gasteiger partial charge is 0.341 e. The first kappa shape index (κ1) is 14.5. The second-order valence-electron chi connectivity index (χ2n) is 5.12. The molecule has 0 bridgehead atoms. The van der Waals surface area contributed by atoms with Crippen molar-refractivity contribution in [2.24, 2.45) is 0 Å². The lowest BCUT2D eigenvalue weighted by atomic mass is 10.1. The first-order valence-corrected chi connectivity index (χ1v) is 7.12. The molecule has 0 radical (unpaired) electrons. The van der Waals surface area contributed by atoms with Crippen molar-refractivity contribution in [2.45, 2.75) is 41.0 Å². The highest BCUT2D eigenvalue weighted by Gasteiger charge is 2.13. The molecule has 2 aromatic rings. The fourth-order valence-electron chi connectivity index (χ4n) is 2.39. The third-order valence-electron chi connectivity index (χ3n) is 3.80. The van der Waals surface area contributed by atoms with Crippen molar-refractivity contribution in [3.63, 3.8) is 0 Å². The Hall–Kier alpha value is -1.91. The van der Waals surface area contributed by atoms with Crippen LogP contribution in [0.4, 0.5) is 5.95 Å². The van der Waals surface area contributed by atoms with Gasteiger partial charge in [-0.25, -0.2) is 9.20 Å². The average Bonchev–Trinajstić information content (AvgIpc) is 2.41. The Morgan fingerprint density at radius 1 is 1.20 bits per heavy atom. The van der Waals surface area contributed by atoms with Crippen molar-refractivity contribution in [1.29, 1.82) is 0 Å². The predicted molar refractivity (Wildman–Crippen MR) is 81.6 cm³/mol. The minimum Gasteiger partial charge on any atom is -0.341 e. The molecule has 0 fully saturated rings. The van der Waals surface area contributed by atoms with Crippen molar-refractivity contribution >= 4 is 11.6 Å². The topological polar surface area (TPSA) is 50.5 Å². The van der Waals surface area contributed by atoms with E-state index in [2.05, 4.69) is 16.9 Å². The van der Waals surface area contributed by atoms with Crippen LogP contribution in [0.2, 0.25) is 0 Å². The van der Waals surface area contributed by atoms with E-state index >= 15 is 0 Å². The van der Waals surface area contributed by atoms with Crippen molar-refractivity contribution < 1.29 is 0 Å². The summed E-state index contributed by atoms with van der Waals surface area (Å²) in [7, 11) is 0. The van der Waals surface area contributed by atoms with Gasteiger partial charge >= 0.3 is 5.69 Å².